The van der Waals surface area contributed by atoms with Gasteiger partial charge in [0, 0.05) is 24.7 Å². The van der Waals surface area contributed by atoms with E-state index in [-0.39, 0.29) is 5.75 Å². The zero-order chi connectivity index (χ0) is 13.8. The second-order valence-corrected chi connectivity index (χ2v) is 5.46. The molecule has 0 aliphatic carbocycles. The number of rotatable bonds is 4. The Morgan fingerprint density at radius 2 is 2.21 bits per heavy atom. The SMILES string of the molecule is COc1cccc(CN2CCCC(N(C)C)C2)c1O. The third kappa shape index (κ3) is 3.39. The van der Waals surface area contributed by atoms with Crippen molar-refractivity contribution in [2.75, 3.05) is 34.3 Å². The molecule has 0 bridgehead atoms. The Kier molecular flexibility index (Phi) is 4.66. The van der Waals surface area contributed by atoms with E-state index in [1.165, 1.54) is 12.8 Å². The molecule has 0 spiro atoms. The smallest absolute Gasteiger partial charge is 0.162 e. The van der Waals surface area contributed by atoms with Crippen LogP contribution in [0.2, 0.25) is 0 Å². The molecule has 1 heterocycles. The van der Waals surface area contributed by atoms with Crippen molar-refractivity contribution in [3.63, 3.8) is 0 Å². The lowest BCUT2D eigenvalue weighted by atomic mass is 10.0. The molecule has 1 saturated heterocycles. The summed E-state index contributed by atoms with van der Waals surface area (Å²) < 4.78 is 5.16. The monoisotopic (exact) mass is 264 g/mol. The maximum Gasteiger partial charge on any atom is 0.162 e. The molecule has 0 saturated carbocycles. The Bertz CT molecular complexity index is 421. The number of benzene rings is 1. The Balaban J connectivity index is 2.04. The highest BCUT2D eigenvalue weighted by Gasteiger charge is 2.22. The molecule has 1 atom stereocenters. The number of hydrogen-bond acceptors (Lipinski definition) is 4. The van der Waals surface area contributed by atoms with Gasteiger partial charge in [-0.1, -0.05) is 12.1 Å². The van der Waals surface area contributed by atoms with Crippen LogP contribution in [0.3, 0.4) is 0 Å². The molecule has 1 unspecified atom stereocenters. The van der Waals surface area contributed by atoms with Crippen LogP contribution < -0.4 is 4.74 Å². The number of phenolic OH excluding ortho intramolecular Hbond substituents is 1. The minimum Gasteiger partial charge on any atom is -0.504 e. The van der Waals surface area contributed by atoms with Crippen molar-refractivity contribution in [1.82, 2.24) is 9.80 Å². The van der Waals surface area contributed by atoms with Crippen LogP contribution >= 0.6 is 0 Å². The molecule has 0 amide bonds. The second kappa shape index (κ2) is 6.26. The third-order valence-electron chi connectivity index (χ3n) is 3.91. The minimum absolute atomic E-state index is 0.275. The zero-order valence-electron chi connectivity index (χ0n) is 12.1. The summed E-state index contributed by atoms with van der Waals surface area (Å²) in [7, 11) is 5.86. The molecule has 1 aromatic rings. The van der Waals surface area contributed by atoms with Gasteiger partial charge < -0.3 is 14.7 Å². The van der Waals surface area contributed by atoms with Gasteiger partial charge in [-0.3, -0.25) is 4.90 Å². The van der Waals surface area contributed by atoms with Crippen LogP contribution in [0.5, 0.6) is 11.5 Å². The van der Waals surface area contributed by atoms with Crippen LogP contribution in [0, 0.1) is 0 Å². The first kappa shape index (κ1) is 14.2. The molecule has 4 heteroatoms. The van der Waals surface area contributed by atoms with Crippen LogP contribution in [0.1, 0.15) is 18.4 Å². The Morgan fingerprint density at radius 1 is 1.42 bits per heavy atom. The number of para-hydroxylation sites is 1. The average Bonchev–Trinajstić information content (AvgIpc) is 2.41. The lowest BCUT2D eigenvalue weighted by molar-refractivity contribution is 0.127. The first-order valence-corrected chi connectivity index (χ1v) is 6.85. The number of phenols is 1. The number of hydrogen-bond donors (Lipinski definition) is 1. The lowest BCUT2D eigenvalue weighted by Crippen LogP contribution is -2.44. The van der Waals surface area contributed by atoms with Gasteiger partial charge in [0.2, 0.25) is 0 Å². The molecule has 106 valence electrons. The summed E-state index contributed by atoms with van der Waals surface area (Å²) in [6.07, 6.45) is 2.47. The molecule has 2 rings (SSSR count). The summed E-state index contributed by atoms with van der Waals surface area (Å²) >= 11 is 0. The lowest BCUT2D eigenvalue weighted by Gasteiger charge is -2.36. The van der Waals surface area contributed by atoms with Crippen molar-refractivity contribution in [3.05, 3.63) is 23.8 Å². The van der Waals surface area contributed by atoms with Gasteiger partial charge in [0.1, 0.15) is 0 Å². The molecule has 1 aromatic carbocycles. The van der Waals surface area contributed by atoms with E-state index in [2.05, 4.69) is 23.9 Å². The summed E-state index contributed by atoms with van der Waals surface area (Å²) in [4.78, 5) is 4.69. The normalized spacial score (nSPS) is 20.7. The maximum atomic E-state index is 10.1. The van der Waals surface area contributed by atoms with Gasteiger partial charge in [-0.2, -0.15) is 0 Å². The number of likely N-dealkylation sites (tertiary alicyclic amines) is 1. The molecule has 0 aromatic heterocycles. The fourth-order valence-electron chi connectivity index (χ4n) is 2.70. The minimum atomic E-state index is 0.275. The molecule has 19 heavy (non-hydrogen) atoms. The van der Waals surface area contributed by atoms with Crippen molar-refractivity contribution in [3.8, 4) is 11.5 Å². The molecular weight excluding hydrogens is 240 g/mol. The van der Waals surface area contributed by atoms with E-state index in [1.807, 2.05) is 12.1 Å². The largest absolute Gasteiger partial charge is 0.504 e. The van der Waals surface area contributed by atoms with E-state index < -0.39 is 0 Å². The molecule has 1 aliphatic heterocycles. The quantitative estimate of drug-likeness (QED) is 0.901. The van der Waals surface area contributed by atoms with Gasteiger partial charge in [0.05, 0.1) is 7.11 Å². The van der Waals surface area contributed by atoms with Gasteiger partial charge in [-0.15, -0.1) is 0 Å². The van der Waals surface area contributed by atoms with Crippen LogP contribution in [-0.2, 0) is 6.54 Å². The Hall–Kier alpha value is -1.26. The van der Waals surface area contributed by atoms with Crippen LogP contribution in [0.4, 0.5) is 0 Å². The van der Waals surface area contributed by atoms with Crippen LogP contribution in [0.15, 0.2) is 18.2 Å². The third-order valence-corrected chi connectivity index (χ3v) is 3.91. The summed E-state index contributed by atoms with van der Waals surface area (Å²) in [5.74, 6) is 0.829. The topological polar surface area (TPSA) is 35.9 Å². The van der Waals surface area contributed by atoms with Gasteiger partial charge >= 0.3 is 0 Å². The van der Waals surface area contributed by atoms with E-state index in [4.69, 9.17) is 4.74 Å². The summed E-state index contributed by atoms with van der Waals surface area (Å²) in [5.41, 5.74) is 0.943. The number of nitrogens with zero attached hydrogens (tertiary/aromatic N) is 2. The predicted octanol–water partition coefficient (Wildman–Crippen LogP) is 1.93. The number of aromatic hydroxyl groups is 1. The van der Waals surface area contributed by atoms with Crippen LogP contribution in [0.25, 0.3) is 0 Å². The van der Waals surface area contributed by atoms with Crippen molar-refractivity contribution >= 4 is 0 Å². The molecule has 0 radical (unpaired) electrons. The van der Waals surface area contributed by atoms with Crippen molar-refractivity contribution in [1.29, 1.82) is 0 Å². The first-order chi connectivity index (χ1) is 9.11. The maximum absolute atomic E-state index is 10.1. The number of methoxy groups -OCH3 is 1. The van der Waals surface area contributed by atoms with Gasteiger partial charge in [0.15, 0.2) is 11.5 Å². The summed E-state index contributed by atoms with van der Waals surface area (Å²) in [6.45, 7) is 2.94. The Morgan fingerprint density at radius 3 is 2.89 bits per heavy atom. The van der Waals surface area contributed by atoms with E-state index in [1.54, 1.807) is 13.2 Å². The van der Waals surface area contributed by atoms with Gasteiger partial charge in [0.25, 0.3) is 0 Å². The highest BCUT2D eigenvalue weighted by molar-refractivity contribution is 5.45. The number of likely N-dealkylation sites (N-methyl/N-ethyl adjacent to an activating group) is 1. The standard InChI is InChI=1S/C15H24N2O2/c1-16(2)13-7-5-9-17(11-13)10-12-6-4-8-14(19-3)15(12)18/h4,6,8,13,18H,5,7,9-11H2,1-3H3. The van der Waals surface area contributed by atoms with Crippen LogP contribution in [-0.4, -0.2) is 55.2 Å². The van der Waals surface area contributed by atoms with E-state index in [9.17, 15) is 5.11 Å². The molecule has 1 N–H and O–H groups in total. The fourth-order valence-corrected chi connectivity index (χ4v) is 2.70. The van der Waals surface area contributed by atoms with E-state index >= 15 is 0 Å². The number of piperidine rings is 1. The molecule has 4 nitrogen and oxygen atoms in total. The van der Waals surface area contributed by atoms with Crippen molar-refractivity contribution < 1.29 is 9.84 Å². The number of ether oxygens (including phenoxy) is 1. The van der Waals surface area contributed by atoms with Gasteiger partial charge in [-0.25, -0.2) is 0 Å². The molecular formula is C15H24N2O2. The molecule has 1 fully saturated rings. The second-order valence-electron chi connectivity index (χ2n) is 5.46. The van der Waals surface area contributed by atoms with Crippen molar-refractivity contribution in [2.24, 2.45) is 0 Å². The fraction of sp³-hybridized carbons (Fsp3) is 0.600. The first-order valence-electron chi connectivity index (χ1n) is 6.85. The summed E-state index contributed by atoms with van der Waals surface area (Å²) in [5, 5.41) is 10.1. The average molecular weight is 264 g/mol. The highest BCUT2D eigenvalue weighted by atomic mass is 16.5. The van der Waals surface area contributed by atoms with Gasteiger partial charge in [-0.05, 0) is 39.5 Å². The van der Waals surface area contributed by atoms with E-state index in [0.29, 0.717) is 11.8 Å². The van der Waals surface area contributed by atoms with Crippen molar-refractivity contribution in [2.45, 2.75) is 25.4 Å². The van der Waals surface area contributed by atoms with E-state index in [0.717, 1.165) is 25.2 Å². The predicted molar refractivity (Wildman–Crippen MR) is 76.6 cm³/mol. The highest BCUT2D eigenvalue weighted by Crippen LogP contribution is 2.30. The zero-order valence-corrected chi connectivity index (χ0v) is 12.1. The summed E-state index contributed by atoms with van der Waals surface area (Å²) in [6, 6.07) is 6.30. The Labute approximate surface area is 115 Å². The molecule has 1 aliphatic rings.